The number of hydrogen-bond acceptors (Lipinski definition) is 2. The number of anilines is 1. The van der Waals surface area contributed by atoms with E-state index in [1.54, 1.807) is 0 Å². The molecule has 1 aromatic rings. The Hall–Kier alpha value is -0.750. The minimum Gasteiger partial charge on any atom is -0.451 e. The first-order chi connectivity index (χ1) is 6.74. The van der Waals surface area contributed by atoms with Crippen molar-refractivity contribution in [2.75, 3.05) is 10.8 Å². The minimum atomic E-state index is -0.439. The monoisotopic (exact) mass is 209 g/mol. The number of nitrogens with zero attached hydrogens (tertiary/aromatic N) is 1. The van der Waals surface area contributed by atoms with Crippen molar-refractivity contribution in [2.45, 2.75) is 26.8 Å². The molecule has 1 aliphatic heterocycles. The third kappa shape index (κ3) is 1.48. The zero-order valence-corrected chi connectivity index (χ0v) is 9.79. The SMILES string of the molecule is CCP1Oc2ccccc2N1C(C)C. The van der Waals surface area contributed by atoms with Crippen molar-refractivity contribution in [1.29, 1.82) is 0 Å². The zero-order valence-electron chi connectivity index (χ0n) is 8.90. The molecule has 0 saturated carbocycles. The molecule has 0 bridgehead atoms. The van der Waals surface area contributed by atoms with Crippen LogP contribution in [0.15, 0.2) is 24.3 Å². The Morgan fingerprint density at radius 3 is 2.71 bits per heavy atom. The third-order valence-electron chi connectivity index (χ3n) is 2.32. The van der Waals surface area contributed by atoms with Gasteiger partial charge in [-0.3, -0.25) is 0 Å². The van der Waals surface area contributed by atoms with Gasteiger partial charge in [-0.2, -0.15) is 0 Å². The maximum absolute atomic E-state index is 5.92. The number of benzene rings is 1. The van der Waals surface area contributed by atoms with Gasteiger partial charge in [0.25, 0.3) is 0 Å². The predicted molar refractivity (Wildman–Crippen MR) is 62.1 cm³/mol. The van der Waals surface area contributed by atoms with E-state index in [9.17, 15) is 0 Å². The van der Waals surface area contributed by atoms with E-state index in [-0.39, 0.29) is 0 Å². The Morgan fingerprint density at radius 2 is 2.07 bits per heavy atom. The molecule has 1 heterocycles. The highest BCUT2D eigenvalue weighted by molar-refractivity contribution is 7.55. The predicted octanol–water partition coefficient (Wildman–Crippen LogP) is 3.63. The van der Waals surface area contributed by atoms with Crippen LogP contribution in [0, 0.1) is 0 Å². The third-order valence-corrected chi connectivity index (χ3v) is 4.42. The summed E-state index contributed by atoms with van der Waals surface area (Å²) < 4.78 is 8.33. The van der Waals surface area contributed by atoms with Gasteiger partial charge in [0.2, 0.25) is 0 Å². The van der Waals surface area contributed by atoms with Gasteiger partial charge >= 0.3 is 0 Å². The fourth-order valence-corrected chi connectivity index (χ4v) is 3.58. The van der Waals surface area contributed by atoms with Crippen LogP contribution in [-0.2, 0) is 0 Å². The van der Waals surface area contributed by atoms with Gasteiger partial charge < -0.3 is 9.19 Å². The Kier molecular flexibility index (Phi) is 2.64. The van der Waals surface area contributed by atoms with Crippen molar-refractivity contribution >= 4 is 14.0 Å². The van der Waals surface area contributed by atoms with Crippen LogP contribution in [0.4, 0.5) is 5.69 Å². The molecular formula is C11H16NOP. The standard InChI is InChI=1S/C11H16NOP/c1-4-14-12(9(2)3)10-7-5-6-8-11(10)13-14/h5-9H,4H2,1-3H3. The Morgan fingerprint density at radius 1 is 1.36 bits per heavy atom. The maximum atomic E-state index is 5.92. The lowest BCUT2D eigenvalue weighted by Crippen LogP contribution is -2.23. The summed E-state index contributed by atoms with van der Waals surface area (Å²) in [6.45, 7) is 6.62. The van der Waals surface area contributed by atoms with Gasteiger partial charge in [0.1, 0.15) is 5.75 Å². The summed E-state index contributed by atoms with van der Waals surface area (Å²) in [5, 5.41) is 0. The molecule has 1 unspecified atom stereocenters. The second kappa shape index (κ2) is 3.78. The fourth-order valence-electron chi connectivity index (χ4n) is 1.75. The molecule has 0 spiro atoms. The van der Waals surface area contributed by atoms with Gasteiger partial charge in [0.05, 0.1) is 5.69 Å². The molecule has 0 saturated heterocycles. The smallest absolute Gasteiger partial charge is 0.192 e. The van der Waals surface area contributed by atoms with Crippen LogP contribution in [0.3, 0.4) is 0 Å². The summed E-state index contributed by atoms with van der Waals surface area (Å²) in [6.07, 6.45) is 1.09. The molecule has 1 atom stereocenters. The first-order valence-electron chi connectivity index (χ1n) is 5.07. The topological polar surface area (TPSA) is 12.5 Å². The molecule has 2 rings (SSSR count). The van der Waals surface area contributed by atoms with E-state index in [1.165, 1.54) is 5.69 Å². The minimum absolute atomic E-state index is 0.439. The van der Waals surface area contributed by atoms with E-state index in [0.29, 0.717) is 6.04 Å². The first-order valence-corrected chi connectivity index (χ1v) is 6.47. The highest BCUT2D eigenvalue weighted by atomic mass is 31.2. The molecular weight excluding hydrogens is 193 g/mol. The number of fused-ring (bicyclic) bond motifs is 1. The van der Waals surface area contributed by atoms with Gasteiger partial charge in [-0.05, 0) is 26.0 Å². The average molecular weight is 209 g/mol. The van der Waals surface area contributed by atoms with Gasteiger partial charge in [-0.1, -0.05) is 19.1 Å². The van der Waals surface area contributed by atoms with Gasteiger partial charge in [-0.15, -0.1) is 0 Å². The largest absolute Gasteiger partial charge is 0.451 e. The molecule has 1 aliphatic rings. The summed E-state index contributed by atoms with van der Waals surface area (Å²) in [6, 6.07) is 8.83. The lowest BCUT2D eigenvalue weighted by Gasteiger charge is -2.26. The normalized spacial score (nSPS) is 19.7. The maximum Gasteiger partial charge on any atom is 0.192 e. The summed E-state index contributed by atoms with van der Waals surface area (Å²) in [5.41, 5.74) is 1.26. The van der Waals surface area contributed by atoms with Crippen LogP contribution < -0.4 is 9.19 Å². The van der Waals surface area contributed by atoms with Crippen LogP contribution in [0.5, 0.6) is 5.75 Å². The number of para-hydroxylation sites is 2. The quantitative estimate of drug-likeness (QED) is 0.689. The molecule has 1 aromatic carbocycles. The van der Waals surface area contributed by atoms with Crippen molar-refractivity contribution < 1.29 is 4.52 Å². The molecule has 0 aromatic heterocycles. The molecule has 0 aliphatic carbocycles. The Labute approximate surface area is 86.8 Å². The van der Waals surface area contributed by atoms with Gasteiger partial charge in [0, 0.05) is 12.2 Å². The summed E-state index contributed by atoms with van der Waals surface area (Å²) >= 11 is 0. The van der Waals surface area contributed by atoms with Crippen LogP contribution >= 0.6 is 8.30 Å². The molecule has 14 heavy (non-hydrogen) atoms. The van der Waals surface area contributed by atoms with Crippen molar-refractivity contribution in [3.05, 3.63) is 24.3 Å². The summed E-state index contributed by atoms with van der Waals surface area (Å²) in [5.74, 6) is 1.05. The van der Waals surface area contributed by atoms with Crippen molar-refractivity contribution in [2.24, 2.45) is 0 Å². The molecule has 0 fully saturated rings. The van der Waals surface area contributed by atoms with Crippen LogP contribution in [0.1, 0.15) is 20.8 Å². The molecule has 0 radical (unpaired) electrons. The Bertz CT molecular complexity index is 327. The highest BCUT2D eigenvalue weighted by Gasteiger charge is 2.31. The second-order valence-electron chi connectivity index (χ2n) is 3.67. The summed E-state index contributed by atoms with van der Waals surface area (Å²) in [7, 11) is -0.439. The lowest BCUT2D eigenvalue weighted by molar-refractivity contribution is 0.631. The van der Waals surface area contributed by atoms with Gasteiger partial charge in [0.15, 0.2) is 8.30 Å². The lowest BCUT2D eigenvalue weighted by atomic mass is 10.2. The molecule has 76 valence electrons. The van der Waals surface area contributed by atoms with E-state index < -0.39 is 8.30 Å². The molecule has 3 heteroatoms. The number of rotatable bonds is 2. The molecule has 0 amide bonds. The van der Waals surface area contributed by atoms with E-state index in [4.69, 9.17) is 4.52 Å². The van der Waals surface area contributed by atoms with Crippen molar-refractivity contribution in [3.8, 4) is 5.75 Å². The summed E-state index contributed by atoms with van der Waals surface area (Å²) in [4.78, 5) is 0. The fraction of sp³-hybridized carbons (Fsp3) is 0.455. The van der Waals surface area contributed by atoms with Crippen LogP contribution in [-0.4, -0.2) is 12.2 Å². The van der Waals surface area contributed by atoms with Crippen LogP contribution in [0.2, 0.25) is 0 Å². The second-order valence-corrected chi connectivity index (χ2v) is 5.62. The van der Waals surface area contributed by atoms with E-state index in [1.807, 2.05) is 6.07 Å². The zero-order chi connectivity index (χ0) is 10.1. The van der Waals surface area contributed by atoms with Crippen LogP contribution in [0.25, 0.3) is 0 Å². The molecule has 0 N–H and O–H groups in total. The highest BCUT2D eigenvalue weighted by Crippen LogP contribution is 2.56. The van der Waals surface area contributed by atoms with E-state index in [2.05, 4.69) is 43.6 Å². The average Bonchev–Trinajstić information content (AvgIpc) is 2.55. The first kappa shape index (κ1) is 9.79. The van der Waals surface area contributed by atoms with Crippen molar-refractivity contribution in [1.82, 2.24) is 0 Å². The van der Waals surface area contributed by atoms with E-state index in [0.717, 1.165) is 11.9 Å². The van der Waals surface area contributed by atoms with Gasteiger partial charge in [-0.25, -0.2) is 0 Å². The van der Waals surface area contributed by atoms with E-state index >= 15 is 0 Å². The number of hydrogen-bond donors (Lipinski definition) is 0. The molecule has 2 nitrogen and oxygen atoms in total. The Balaban J connectivity index is 2.37. The van der Waals surface area contributed by atoms with Crippen molar-refractivity contribution in [3.63, 3.8) is 0 Å².